The summed E-state index contributed by atoms with van der Waals surface area (Å²) in [6.45, 7) is 1.85. The molecule has 22 heavy (non-hydrogen) atoms. The van der Waals surface area contributed by atoms with Gasteiger partial charge in [0.2, 0.25) is 17.6 Å². The number of aromatic nitrogens is 3. The Morgan fingerprint density at radius 1 is 1.36 bits per heavy atom. The van der Waals surface area contributed by atoms with E-state index in [4.69, 9.17) is 4.52 Å². The van der Waals surface area contributed by atoms with Crippen molar-refractivity contribution in [1.82, 2.24) is 20.4 Å². The smallest absolute Gasteiger partial charge is 0.249 e. The Hall–Kier alpha value is -2.50. The monoisotopic (exact) mass is 298 g/mol. The van der Waals surface area contributed by atoms with Crippen LogP contribution in [-0.2, 0) is 4.79 Å². The van der Waals surface area contributed by atoms with E-state index in [1.165, 1.54) is 0 Å². The molecule has 0 aliphatic heterocycles. The van der Waals surface area contributed by atoms with Crippen molar-refractivity contribution < 1.29 is 9.32 Å². The molecular formula is C16H18N4O2. The number of allylic oxidation sites excluding steroid dienone is 2. The second kappa shape index (κ2) is 6.51. The lowest BCUT2D eigenvalue weighted by Crippen LogP contribution is -2.33. The maximum absolute atomic E-state index is 12.2. The Bertz CT molecular complexity index is 666. The third-order valence-electron chi connectivity index (χ3n) is 3.75. The molecule has 2 atom stereocenters. The van der Waals surface area contributed by atoms with Crippen molar-refractivity contribution in [3.63, 3.8) is 0 Å². The quantitative estimate of drug-likeness (QED) is 0.878. The van der Waals surface area contributed by atoms with E-state index in [9.17, 15) is 4.79 Å². The number of carbonyl (C=O) groups excluding carboxylic acids is 1. The molecule has 0 fully saturated rings. The largest absolute Gasteiger partial charge is 0.344 e. The first-order chi connectivity index (χ1) is 10.7. The van der Waals surface area contributed by atoms with Gasteiger partial charge in [-0.25, -0.2) is 0 Å². The topological polar surface area (TPSA) is 80.9 Å². The summed E-state index contributed by atoms with van der Waals surface area (Å²) in [6, 6.07) is 3.32. The van der Waals surface area contributed by atoms with Crippen molar-refractivity contribution in [1.29, 1.82) is 0 Å². The molecule has 0 bridgehead atoms. The fourth-order valence-electron chi connectivity index (χ4n) is 2.45. The average molecular weight is 298 g/mol. The molecular weight excluding hydrogens is 280 g/mol. The van der Waals surface area contributed by atoms with Crippen LogP contribution in [0.1, 0.15) is 38.1 Å². The molecule has 0 unspecified atom stereocenters. The summed E-state index contributed by atoms with van der Waals surface area (Å²) >= 11 is 0. The molecule has 6 heteroatoms. The number of nitrogens with zero attached hydrogens (tertiary/aromatic N) is 3. The molecule has 114 valence electrons. The van der Waals surface area contributed by atoms with Crippen LogP contribution in [-0.4, -0.2) is 21.0 Å². The van der Waals surface area contributed by atoms with Gasteiger partial charge in [0.25, 0.3) is 0 Å². The molecule has 1 aliphatic carbocycles. The normalized spacial score (nSPS) is 18.9. The van der Waals surface area contributed by atoms with E-state index in [0.717, 1.165) is 24.8 Å². The number of hydrogen-bond acceptors (Lipinski definition) is 5. The zero-order chi connectivity index (χ0) is 15.4. The number of hydrogen-bond donors (Lipinski definition) is 1. The van der Waals surface area contributed by atoms with Crippen LogP contribution in [0.5, 0.6) is 0 Å². The molecule has 0 saturated carbocycles. The number of rotatable bonds is 4. The van der Waals surface area contributed by atoms with Crippen molar-refractivity contribution in [2.24, 2.45) is 5.92 Å². The fourth-order valence-corrected chi connectivity index (χ4v) is 2.45. The predicted octanol–water partition coefficient (Wildman–Crippen LogP) is 2.67. The molecule has 3 rings (SSSR count). The number of pyridine rings is 1. The molecule has 2 heterocycles. The van der Waals surface area contributed by atoms with Gasteiger partial charge in [-0.3, -0.25) is 9.78 Å². The zero-order valence-corrected chi connectivity index (χ0v) is 12.4. The van der Waals surface area contributed by atoms with Crippen molar-refractivity contribution >= 4 is 5.91 Å². The standard InChI is InChI=1S/C16H18N4O2/c1-11(18-15(21)13-5-3-2-4-6-13)16-19-14(20-22-16)12-7-9-17-10-8-12/h2-3,7-11,13H,4-6H2,1H3,(H,18,21)/t11-,13+/m0/s1. The highest BCUT2D eigenvalue weighted by atomic mass is 16.5. The summed E-state index contributed by atoms with van der Waals surface area (Å²) in [5, 5.41) is 6.90. The maximum atomic E-state index is 12.2. The molecule has 2 aromatic heterocycles. The number of carbonyl (C=O) groups is 1. The van der Waals surface area contributed by atoms with E-state index in [0.29, 0.717) is 11.7 Å². The average Bonchev–Trinajstić information content (AvgIpc) is 3.06. The highest BCUT2D eigenvalue weighted by Crippen LogP contribution is 2.21. The lowest BCUT2D eigenvalue weighted by atomic mass is 9.93. The van der Waals surface area contributed by atoms with E-state index in [1.807, 2.05) is 19.1 Å². The summed E-state index contributed by atoms with van der Waals surface area (Å²) < 4.78 is 5.26. The summed E-state index contributed by atoms with van der Waals surface area (Å²) in [5.41, 5.74) is 0.834. The third-order valence-corrected chi connectivity index (χ3v) is 3.75. The van der Waals surface area contributed by atoms with Gasteiger partial charge < -0.3 is 9.84 Å². The Labute approximate surface area is 128 Å². The lowest BCUT2D eigenvalue weighted by molar-refractivity contribution is -0.126. The van der Waals surface area contributed by atoms with Gasteiger partial charge in [-0.1, -0.05) is 17.3 Å². The molecule has 0 spiro atoms. The molecule has 0 saturated heterocycles. The van der Waals surface area contributed by atoms with Crippen molar-refractivity contribution in [2.45, 2.75) is 32.2 Å². The molecule has 2 aromatic rings. The first kappa shape index (κ1) is 14.4. The minimum absolute atomic E-state index is 0.0371. The highest BCUT2D eigenvalue weighted by molar-refractivity contribution is 5.79. The van der Waals surface area contributed by atoms with Crippen LogP contribution in [0.15, 0.2) is 41.2 Å². The minimum Gasteiger partial charge on any atom is -0.344 e. The van der Waals surface area contributed by atoms with E-state index < -0.39 is 0 Å². The van der Waals surface area contributed by atoms with Gasteiger partial charge in [0.05, 0.1) is 0 Å². The van der Waals surface area contributed by atoms with Crippen LogP contribution < -0.4 is 5.32 Å². The molecule has 6 nitrogen and oxygen atoms in total. The summed E-state index contributed by atoms with van der Waals surface area (Å²) in [4.78, 5) is 20.5. The first-order valence-electron chi connectivity index (χ1n) is 7.43. The number of amides is 1. The van der Waals surface area contributed by atoms with Crippen LogP contribution in [0.2, 0.25) is 0 Å². The van der Waals surface area contributed by atoms with Gasteiger partial charge in [-0.2, -0.15) is 4.98 Å². The van der Waals surface area contributed by atoms with E-state index in [2.05, 4.69) is 32.6 Å². The van der Waals surface area contributed by atoms with Crippen LogP contribution in [0.3, 0.4) is 0 Å². The van der Waals surface area contributed by atoms with Crippen LogP contribution in [0.25, 0.3) is 11.4 Å². The van der Waals surface area contributed by atoms with E-state index in [1.54, 1.807) is 12.4 Å². The van der Waals surface area contributed by atoms with Gasteiger partial charge in [0.15, 0.2) is 0 Å². The molecule has 1 amide bonds. The molecule has 1 N–H and O–H groups in total. The van der Waals surface area contributed by atoms with Crippen LogP contribution >= 0.6 is 0 Å². The van der Waals surface area contributed by atoms with Crippen LogP contribution in [0.4, 0.5) is 0 Å². The van der Waals surface area contributed by atoms with Gasteiger partial charge in [0, 0.05) is 23.9 Å². The Kier molecular flexibility index (Phi) is 4.27. The summed E-state index contributed by atoms with van der Waals surface area (Å²) in [7, 11) is 0. The second-order valence-electron chi connectivity index (χ2n) is 5.40. The Balaban J connectivity index is 1.65. The van der Waals surface area contributed by atoms with Gasteiger partial charge in [0.1, 0.15) is 6.04 Å². The van der Waals surface area contributed by atoms with E-state index in [-0.39, 0.29) is 17.9 Å². The molecule has 0 radical (unpaired) electrons. The van der Waals surface area contributed by atoms with Crippen LogP contribution in [0, 0.1) is 5.92 Å². The Morgan fingerprint density at radius 2 is 2.18 bits per heavy atom. The van der Waals surface area contributed by atoms with Gasteiger partial charge in [-0.15, -0.1) is 0 Å². The van der Waals surface area contributed by atoms with Crippen molar-refractivity contribution in [3.8, 4) is 11.4 Å². The SMILES string of the molecule is C[C@H](NC(=O)[C@@H]1CC=CCC1)c1nc(-c2ccncc2)no1. The second-order valence-corrected chi connectivity index (χ2v) is 5.40. The number of nitrogens with one attached hydrogen (secondary N) is 1. The molecule has 1 aliphatic rings. The summed E-state index contributed by atoms with van der Waals surface area (Å²) in [5.74, 6) is 0.987. The third kappa shape index (κ3) is 3.21. The van der Waals surface area contributed by atoms with Crippen molar-refractivity contribution in [3.05, 3.63) is 42.6 Å². The highest BCUT2D eigenvalue weighted by Gasteiger charge is 2.23. The predicted molar refractivity (Wildman–Crippen MR) is 80.6 cm³/mol. The van der Waals surface area contributed by atoms with Crippen molar-refractivity contribution in [2.75, 3.05) is 0 Å². The summed E-state index contributed by atoms with van der Waals surface area (Å²) in [6.07, 6.45) is 10.2. The lowest BCUT2D eigenvalue weighted by Gasteiger charge is -2.19. The zero-order valence-electron chi connectivity index (χ0n) is 12.4. The first-order valence-corrected chi connectivity index (χ1v) is 7.43. The fraction of sp³-hybridized carbons (Fsp3) is 0.375. The van der Waals surface area contributed by atoms with E-state index >= 15 is 0 Å². The van der Waals surface area contributed by atoms with Gasteiger partial charge >= 0.3 is 0 Å². The maximum Gasteiger partial charge on any atom is 0.249 e. The minimum atomic E-state index is -0.304. The van der Waals surface area contributed by atoms with Gasteiger partial charge in [-0.05, 0) is 38.3 Å². The Morgan fingerprint density at radius 3 is 2.91 bits per heavy atom. The molecule has 0 aromatic carbocycles.